The monoisotopic (exact) mass is 886 g/mol. The van der Waals surface area contributed by atoms with E-state index < -0.39 is 0 Å². The van der Waals surface area contributed by atoms with Crippen molar-refractivity contribution in [3.63, 3.8) is 0 Å². The van der Waals surface area contributed by atoms with Gasteiger partial charge in [-0.2, -0.15) is 0 Å². The summed E-state index contributed by atoms with van der Waals surface area (Å²) in [5, 5.41) is 2.55. The van der Waals surface area contributed by atoms with Gasteiger partial charge in [0.25, 0.3) is 0 Å². The predicted octanol–water partition coefficient (Wildman–Crippen LogP) is 16.5. The molecule has 0 saturated heterocycles. The van der Waals surface area contributed by atoms with Gasteiger partial charge in [0, 0.05) is 50.1 Å². The Morgan fingerprint density at radius 1 is 0.594 bits per heavy atom. The van der Waals surface area contributed by atoms with Crippen molar-refractivity contribution in [3.8, 4) is 61.8 Å². The van der Waals surface area contributed by atoms with E-state index in [1.807, 2.05) is 36.4 Å². The second kappa shape index (κ2) is 17.9. The molecule has 2 aliphatic rings. The van der Waals surface area contributed by atoms with E-state index in [1.165, 1.54) is 61.1 Å². The Kier molecular flexibility index (Phi) is 10.9. The molecule has 3 heterocycles. The maximum absolute atomic E-state index is 5.10. The summed E-state index contributed by atoms with van der Waals surface area (Å²) < 4.78 is 2.39. The topological polar surface area (TPSA) is 34.0 Å². The summed E-state index contributed by atoms with van der Waals surface area (Å²) in [5.74, 6) is 1.13. The molecule has 69 heavy (non-hydrogen) atoms. The van der Waals surface area contributed by atoms with Crippen LogP contribution in [0.4, 0.5) is 5.69 Å². The summed E-state index contributed by atoms with van der Waals surface area (Å²) in [6.45, 7) is 4.53. The maximum atomic E-state index is 5.10. The number of aromatic nitrogens is 3. The van der Waals surface area contributed by atoms with E-state index in [4.69, 9.17) is 9.97 Å². The molecule has 330 valence electrons. The standard InChI is InChI=1S/C65H50N4/c1-3-44-40-54(4-2)68(63-36-32-51(41-58(44)63)52-33-37-64-59(42-52)57-28-14-15-29-62(57)69(64)55-26-12-7-13-27-55)56-34-30-45(31-35-56)48-22-16-23-49(38-48)50-24-17-25-53(39-50)65-66-60(46-18-8-5-9-19-46)43-61(67-65)47-20-10-6-11-21-47/h4-15,17-22,24-34,36-39,41-44,56H,3,35,40H2,1-2H3. The molecule has 8 aromatic carbocycles. The van der Waals surface area contributed by atoms with E-state index >= 15 is 0 Å². The second-order valence-electron chi connectivity index (χ2n) is 18.2. The van der Waals surface area contributed by atoms with Crippen LogP contribution in [0.15, 0.2) is 224 Å². The van der Waals surface area contributed by atoms with Crippen LogP contribution in [0.3, 0.4) is 0 Å². The number of para-hydroxylation sites is 2. The molecule has 0 bridgehead atoms. The highest BCUT2D eigenvalue weighted by atomic mass is 15.2. The Morgan fingerprint density at radius 3 is 1.99 bits per heavy atom. The minimum absolute atomic E-state index is 0.200. The third kappa shape index (κ3) is 7.82. The average Bonchev–Trinajstić information content (AvgIpc) is 3.77. The van der Waals surface area contributed by atoms with Crippen LogP contribution in [-0.2, 0) is 0 Å². The first-order chi connectivity index (χ1) is 34.1. The Balaban J connectivity index is 0.828. The fraction of sp³-hybridized carbons (Fsp3) is 0.108. The van der Waals surface area contributed by atoms with Crippen molar-refractivity contribution in [2.24, 2.45) is 0 Å². The summed E-state index contributed by atoms with van der Waals surface area (Å²) in [7, 11) is 0. The lowest BCUT2D eigenvalue weighted by Crippen LogP contribution is -2.37. The van der Waals surface area contributed by atoms with Crippen LogP contribution in [0.2, 0.25) is 0 Å². The van der Waals surface area contributed by atoms with Crippen molar-refractivity contribution in [2.75, 3.05) is 4.90 Å². The fourth-order valence-corrected chi connectivity index (χ4v) is 10.6. The van der Waals surface area contributed by atoms with Crippen molar-refractivity contribution >= 4 is 33.1 Å². The molecule has 1 aliphatic heterocycles. The van der Waals surface area contributed by atoms with E-state index in [2.05, 4.69) is 217 Å². The molecule has 0 N–H and O–H groups in total. The average molecular weight is 887 g/mol. The zero-order chi connectivity index (χ0) is 46.3. The van der Waals surface area contributed by atoms with Gasteiger partial charge in [0.05, 0.1) is 28.5 Å². The first-order valence-corrected chi connectivity index (χ1v) is 24.2. The quantitative estimate of drug-likeness (QED) is 0.145. The van der Waals surface area contributed by atoms with Gasteiger partial charge in [-0.25, -0.2) is 9.97 Å². The van der Waals surface area contributed by atoms with Crippen molar-refractivity contribution in [2.45, 2.75) is 45.1 Å². The molecular formula is C65H50N4. The smallest absolute Gasteiger partial charge is 0.160 e. The number of benzene rings is 7. The summed E-state index contributed by atoms with van der Waals surface area (Å²) in [5.41, 5.74) is 19.5. The number of rotatable bonds is 9. The Hall–Kier alpha value is -8.52. The van der Waals surface area contributed by atoms with E-state index in [-0.39, 0.29) is 6.04 Å². The summed E-state index contributed by atoms with van der Waals surface area (Å²) in [6.07, 6.45) is 12.4. The van der Waals surface area contributed by atoms with Gasteiger partial charge < -0.3 is 9.47 Å². The van der Waals surface area contributed by atoms with Crippen molar-refractivity contribution in [1.29, 1.82) is 0 Å². The number of hydrogen-bond acceptors (Lipinski definition) is 3. The van der Waals surface area contributed by atoms with Crippen molar-refractivity contribution < 1.29 is 0 Å². The summed E-state index contributed by atoms with van der Waals surface area (Å²) >= 11 is 0. The number of anilines is 1. The molecule has 12 rings (SSSR count). The van der Waals surface area contributed by atoms with Gasteiger partial charge in [-0.05, 0) is 132 Å². The van der Waals surface area contributed by atoms with Crippen molar-refractivity contribution in [3.05, 3.63) is 247 Å². The molecule has 0 radical (unpaired) electrons. The van der Waals surface area contributed by atoms with E-state index in [9.17, 15) is 0 Å². The highest BCUT2D eigenvalue weighted by molar-refractivity contribution is 6.10. The highest BCUT2D eigenvalue weighted by Gasteiger charge is 2.32. The van der Waals surface area contributed by atoms with Gasteiger partial charge in [-0.15, -0.1) is 0 Å². The lowest BCUT2D eigenvalue weighted by Gasteiger charge is -2.42. The fourth-order valence-electron chi connectivity index (χ4n) is 10.6. The maximum Gasteiger partial charge on any atom is 0.160 e. The minimum atomic E-state index is 0.200. The molecule has 4 heteroatoms. The molecular weight excluding hydrogens is 837 g/mol. The zero-order valence-electron chi connectivity index (χ0n) is 38.8. The normalized spacial score (nSPS) is 16.1. The Morgan fingerprint density at radius 2 is 1.26 bits per heavy atom. The van der Waals surface area contributed by atoms with Crippen LogP contribution < -0.4 is 4.90 Å². The van der Waals surface area contributed by atoms with Gasteiger partial charge >= 0.3 is 0 Å². The van der Waals surface area contributed by atoms with Gasteiger partial charge in [-0.1, -0.05) is 171 Å². The second-order valence-corrected chi connectivity index (χ2v) is 18.2. The molecule has 0 amide bonds. The van der Waals surface area contributed by atoms with Gasteiger partial charge in [0.1, 0.15) is 0 Å². The van der Waals surface area contributed by atoms with Gasteiger partial charge in [0.2, 0.25) is 0 Å². The first-order valence-electron chi connectivity index (χ1n) is 24.2. The summed E-state index contributed by atoms with van der Waals surface area (Å²) in [6, 6.07) is 76.2. The molecule has 2 aromatic heterocycles. The van der Waals surface area contributed by atoms with Crippen LogP contribution in [0, 0.1) is 12.1 Å². The van der Waals surface area contributed by atoms with Crippen LogP contribution in [-0.4, -0.2) is 20.6 Å². The third-order valence-electron chi connectivity index (χ3n) is 14.1. The SMILES string of the molecule is CC=C1CC(CC)c2cc(-c3ccc4c(c3)c3ccccc3n4-c3ccccc3)ccc2N1C1C=CC(c2cc#cc(-c3cccc(-c4nc(-c5ccccc5)cc(-c5ccccc5)n4)c3)c2)=CC1. The lowest BCUT2D eigenvalue weighted by atomic mass is 9.82. The number of allylic oxidation sites excluding steroid dienone is 4. The number of fused-ring (bicyclic) bond motifs is 4. The molecule has 0 saturated carbocycles. The van der Waals surface area contributed by atoms with E-state index in [0.29, 0.717) is 11.7 Å². The third-order valence-corrected chi connectivity index (χ3v) is 14.1. The first kappa shape index (κ1) is 41.9. The summed E-state index contributed by atoms with van der Waals surface area (Å²) in [4.78, 5) is 12.8. The zero-order valence-corrected chi connectivity index (χ0v) is 38.8. The van der Waals surface area contributed by atoms with E-state index in [1.54, 1.807) is 0 Å². The molecule has 1 aliphatic carbocycles. The highest BCUT2D eigenvalue weighted by Crippen LogP contribution is 2.46. The Bertz CT molecular complexity index is 3560. The lowest BCUT2D eigenvalue weighted by molar-refractivity contribution is 0.591. The molecule has 0 fully saturated rings. The van der Waals surface area contributed by atoms with Gasteiger partial charge in [0.15, 0.2) is 5.82 Å². The van der Waals surface area contributed by atoms with Gasteiger partial charge in [-0.3, -0.25) is 0 Å². The molecule has 2 unspecified atom stereocenters. The number of hydrogen-bond donors (Lipinski definition) is 0. The minimum Gasteiger partial charge on any atom is -0.338 e. The van der Waals surface area contributed by atoms with Crippen molar-refractivity contribution in [1.82, 2.24) is 14.5 Å². The van der Waals surface area contributed by atoms with E-state index in [0.717, 1.165) is 64.0 Å². The van der Waals surface area contributed by atoms with Crippen LogP contribution in [0.1, 0.15) is 50.2 Å². The predicted molar refractivity (Wildman–Crippen MR) is 287 cm³/mol. The number of nitrogens with zero attached hydrogens (tertiary/aromatic N) is 4. The molecule has 10 aromatic rings. The van der Waals surface area contributed by atoms with Crippen LogP contribution in [0.5, 0.6) is 0 Å². The molecule has 0 spiro atoms. The van der Waals surface area contributed by atoms with Crippen LogP contribution in [0.25, 0.3) is 89.2 Å². The van der Waals surface area contributed by atoms with Crippen LogP contribution >= 0.6 is 0 Å². The largest absolute Gasteiger partial charge is 0.338 e. The molecule has 4 nitrogen and oxygen atoms in total. The Labute approximate surface area is 404 Å². The molecule has 2 atom stereocenters.